The van der Waals surface area contributed by atoms with Crippen molar-refractivity contribution in [2.45, 2.75) is 0 Å². The van der Waals surface area contributed by atoms with E-state index in [1.807, 2.05) is 0 Å². The molecule has 318 valence electrons. The lowest BCUT2D eigenvalue weighted by molar-refractivity contribution is 1.18. The van der Waals surface area contributed by atoms with Crippen LogP contribution in [0, 0.1) is 0 Å². The second-order valence-corrected chi connectivity index (χ2v) is 18.7. The van der Waals surface area contributed by atoms with Crippen LogP contribution in [0.5, 0.6) is 0 Å². The van der Waals surface area contributed by atoms with Crippen LogP contribution in [0.3, 0.4) is 0 Å². The minimum absolute atomic E-state index is 1.13. The Labute approximate surface area is 396 Å². The summed E-state index contributed by atoms with van der Waals surface area (Å²) in [4.78, 5) is 0. The van der Waals surface area contributed by atoms with E-state index in [1.165, 1.54) is 137 Å². The fourth-order valence-electron chi connectivity index (χ4n) is 12.6. The first-order valence-electron chi connectivity index (χ1n) is 23.9. The minimum atomic E-state index is 1.13. The average Bonchev–Trinajstić information content (AvgIpc) is 4.06. The standard InChI is InChI=1S/C66H39N3/c1-2-18-42-41(17-1)43-19-3-4-21-45(43)48-36-35-40(39-56(48)46-22-6-5-20-44(42)46)67-59-33-14-11-27-55(59)64-60(67)37-38-61-63(64)51-26-8-7-23-47(51)52-28-15-29-53-49-24-9-13-32-58(49)69(65(52)53)62-34-16-30-54-50-25-10-12-31-57(50)68(61)66(54)62/h1-39H. The van der Waals surface area contributed by atoms with Crippen molar-refractivity contribution >= 4 is 98.0 Å². The number of hydrogen-bond donors (Lipinski definition) is 0. The molecule has 0 aliphatic heterocycles. The van der Waals surface area contributed by atoms with Crippen LogP contribution in [0.1, 0.15) is 0 Å². The Balaban J connectivity index is 1.12. The molecule has 11 aromatic carbocycles. The molecule has 0 fully saturated rings. The van der Waals surface area contributed by atoms with Crippen molar-refractivity contribution in [2.75, 3.05) is 0 Å². The zero-order valence-corrected chi connectivity index (χ0v) is 37.4. The van der Waals surface area contributed by atoms with Gasteiger partial charge in [0.2, 0.25) is 0 Å². The topological polar surface area (TPSA) is 13.8 Å². The number of nitrogens with zero attached hydrogens (tertiary/aromatic N) is 3. The first-order chi connectivity index (χ1) is 34.3. The molecule has 0 bridgehead atoms. The van der Waals surface area contributed by atoms with Crippen LogP contribution in [-0.2, 0) is 0 Å². The van der Waals surface area contributed by atoms with Crippen LogP contribution in [0.25, 0.3) is 148 Å². The van der Waals surface area contributed by atoms with Crippen molar-refractivity contribution in [3.05, 3.63) is 237 Å². The Morgan fingerprint density at radius 3 is 1.22 bits per heavy atom. The first kappa shape index (κ1) is 37.0. The van der Waals surface area contributed by atoms with Crippen molar-refractivity contribution in [2.24, 2.45) is 0 Å². The Morgan fingerprint density at radius 2 is 0.594 bits per heavy atom. The molecular weight excluding hydrogens is 835 g/mol. The van der Waals surface area contributed by atoms with Crippen LogP contribution in [0.15, 0.2) is 237 Å². The summed E-state index contributed by atoms with van der Waals surface area (Å²) in [6.07, 6.45) is 0. The predicted octanol–water partition coefficient (Wildman–Crippen LogP) is 17.8. The SMILES string of the molecule is c1ccc2c(c1)-c1ccccc1-c1ccc(-n3c4ccccc4c4c5c6ccccc6c6cccc7c8ccccc8n(c8cccc9c%10ccccc%10n(c5ccc43)c98)c67)cc1-c1ccccc1-2. The fraction of sp³-hybridized carbons (Fsp3) is 0. The highest BCUT2D eigenvalue weighted by Crippen LogP contribution is 2.49. The third kappa shape index (κ3) is 4.85. The molecule has 0 N–H and O–H groups in total. The van der Waals surface area contributed by atoms with Gasteiger partial charge in [0.1, 0.15) is 0 Å². The van der Waals surface area contributed by atoms with Gasteiger partial charge in [-0.2, -0.15) is 0 Å². The van der Waals surface area contributed by atoms with Crippen molar-refractivity contribution in [3.8, 4) is 50.2 Å². The van der Waals surface area contributed by atoms with Crippen molar-refractivity contribution in [1.82, 2.24) is 13.4 Å². The van der Waals surface area contributed by atoms with Crippen LogP contribution in [0.2, 0.25) is 0 Å². The Hall–Kier alpha value is -9.18. The summed E-state index contributed by atoms with van der Waals surface area (Å²) in [6.45, 7) is 0. The predicted molar refractivity (Wildman–Crippen MR) is 292 cm³/mol. The molecular formula is C66H39N3. The molecule has 0 saturated heterocycles. The molecule has 16 rings (SSSR count). The number of fused-ring (bicyclic) bond motifs is 24. The summed E-state index contributed by atoms with van der Waals surface area (Å²) < 4.78 is 7.63. The number of benzene rings is 11. The van der Waals surface area contributed by atoms with E-state index in [1.54, 1.807) is 0 Å². The van der Waals surface area contributed by atoms with Crippen molar-refractivity contribution < 1.29 is 0 Å². The van der Waals surface area contributed by atoms with Crippen molar-refractivity contribution in [3.63, 3.8) is 0 Å². The summed E-state index contributed by atoms with van der Waals surface area (Å²) in [7, 11) is 0. The Kier molecular flexibility index (Phi) is 7.34. The number of aromatic nitrogens is 3. The zero-order chi connectivity index (χ0) is 44.9. The molecule has 0 amide bonds. The van der Waals surface area contributed by atoms with E-state index in [0.29, 0.717) is 0 Å². The first-order valence-corrected chi connectivity index (χ1v) is 23.9. The van der Waals surface area contributed by atoms with Crippen LogP contribution < -0.4 is 0 Å². The maximum absolute atomic E-state index is 2.57. The molecule has 0 atom stereocenters. The lowest BCUT2D eigenvalue weighted by Crippen LogP contribution is -2.00. The molecule has 3 heteroatoms. The molecule has 4 heterocycles. The normalized spacial score (nSPS) is 12.3. The average molecular weight is 874 g/mol. The van der Waals surface area contributed by atoms with E-state index in [-0.39, 0.29) is 0 Å². The third-order valence-corrected chi connectivity index (χ3v) is 15.4. The summed E-state index contributed by atoms with van der Waals surface area (Å²) in [5.41, 5.74) is 20.5. The van der Waals surface area contributed by atoms with Gasteiger partial charge < -0.3 is 13.4 Å². The molecule has 3 nitrogen and oxygen atoms in total. The maximum Gasteiger partial charge on any atom is 0.0782 e. The molecule has 0 saturated carbocycles. The molecule has 15 aromatic rings. The van der Waals surface area contributed by atoms with Crippen LogP contribution in [-0.4, -0.2) is 13.4 Å². The zero-order valence-electron chi connectivity index (χ0n) is 37.4. The van der Waals surface area contributed by atoms with E-state index < -0.39 is 0 Å². The molecule has 1 aliphatic carbocycles. The Bertz CT molecular complexity index is 4780. The lowest BCUT2D eigenvalue weighted by Gasteiger charge is -2.24. The van der Waals surface area contributed by atoms with Gasteiger partial charge in [0, 0.05) is 48.8 Å². The maximum atomic E-state index is 2.57. The van der Waals surface area contributed by atoms with Gasteiger partial charge in [0.15, 0.2) is 0 Å². The molecule has 0 unspecified atom stereocenters. The Morgan fingerprint density at radius 1 is 0.203 bits per heavy atom. The summed E-state index contributed by atoms with van der Waals surface area (Å²) in [6, 6.07) is 88.6. The number of para-hydroxylation sites is 5. The van der Waals surface area contributed by atoms with E-state index in [9.17, 15) is 0 Å². The fourth-order valence-corrected chi connectivity index (χ4v) is 12.6. The molecule has 1 aliphatic rings. The lowest BCUT2D eigenvalue weighted by atomic mass is 9.81. The van der Waals surface area contributed by atoms with E-state index in [2.05, 4.69) is 250 Å². The number of hydrogen-bond acceptors (Lipinski definition) is 0. The van der Waals surface area contributed by atoms with Gasteiger partial charge in [-0.05, 0) is 104 Å². The third-order valence-electron chi connectivity index (χ3n) is 15.4. The molecule has 0 radical (unpaired) electrons. The van der Waals surface area contributed by atoms with Gasteiger partial charge in [0.05, 0.1) is 44.1 Å². The summed E-state index contributed by atoms with van der Waals surface area (Å²) in [5, 5.41) is 12.3. The van der Waals surface area contributed by atoms with Gasteiger partial charge in [-0.1, -0.05) is 188 Å². The van der Waals surface area contributed by atoms with Gasteiger partial charge >= 0.3 is 0 Å². The van der Waals surface area contributed by atoms with Gasteiger partial charge in [0.25, 0.3) is 0 Å². The van der Waals surface area contributed by atoms with E-state index >= 15 is 0 Å². The summed E-state index contributed by atoms with van der Waals surface area (Å²) in [5.74, 6) is 0. The molecule has 69 heavy (non-hydrogen) atoms. The second kappa shape index (κ2) is 13.7. The highest BCUT2D eigenvalue weighted by Gasteiger charge is 2.25. The highest BCUT2D eigenvalue weighted by atomic mass is 15.0. The molecule has 0 spiro atoms. The van der Waals surface area contributed by atoms with E-state index in [4.69, 9.17) is 0 Å². The minimum Gasteiger partial charge on any atom is -0.309 e. The quantitative estimate of drug-likeness (QED) is 0.156. The van der Waals surface area contributed by atoms with E-state index in [0.717, 1.165) is 11.2 Å². The smallest absolute Gasteiger partial charge is 0.0782 e. The van der Waals surface area contributed by atoms with Crippen molar-refractivity contribution in [1.29, 1.82) is 0 Å². The molecule has 4 aromatic heterocycles. The van der Waals surface area contributed by atoms with Gasteiger partial charge in [-0.3, -0.25) is 0 Å². The van der Waals surface area contributed by atoms with Crippen LogP contribution in [0.4, 0.5) is 0 Å². The van der Waals surface area contributed by atoms with Gasteiger partial charge in [-0.25, -0.2) is 0 Å². The number of rotatable bonds is 1. The second-order valence-electron chi connectivity index (χ2n) is 18.7. The largest absolute Gasteiger partial charge is 0.309 e. The van der Waals surface area contributed by atoms with Gasteiger partial charge in [-0.15, -0.1) is 0 Å². The highest BCUT2D eigenvalue weighted by molar-refractivity contribution is 6.31. The monoisotopic (exact) mass is 873 g/mol. The summed E-state index contributed by atoms with van der Waals surface area (Å²) >= 11 is 0. The van der Waals surface area contributed by atoms with Crippen LogP contribution >= 0.6 is 0 Å².